The lowest BCUT2D eigenvalue weighted by molar-refractivity contribution is 0.0751. The van der Waals surface area contributed by atoms with Crippen molar-refractivity contribution in [1.29, 1.82) is 0 Å². The summed E-state index contributed by atoms with van der Waals surface area (Å²) in [5.41, 5.74) is 2.01. The molecule has 0 aliphatic carbocycles. The summed E-state index contributed by atoms with van der Waals surface area (Å²) in [5, 5.41) is 9.69. The van der Waals surface area contributed by atoms with Gasteiger partial charge in [-0.3, -0.25) is 4.79 Å². The molecule has 1 fully saturated rings. The van der Waals surface area contributed by atoms with Gasteiger partial charge < -0.3 is 24.4 Å². The third-order valence-corrected chi connectivity index (χ3v) is 6.53. The van der Waals surface area contributed by atoms with Crippen molar-refractivity contribution < 1.29 is 19.4 Å². The molecule has 2 aliphatic heterocycles. The number of hydrogen-bond donors (Lipinski definition) is 1. The molecule has 0 spiro atoms. The second-order valence-corrected chi connectivity index (χ2v) is 8.41. The quantitative estimate of drug-likeness (QED) is 0.695. The Balaban J connectivity index is 1.26. The van der Waals surface area contributed by atoms with Gasteiger partial charge in [-0.25, -0.2) is 0 Å². The van der Waals surface area contributed by atoms with Crippen molar-refractivity contribution in [2.75, 3.05) is 44.3 Å². The number of piperazine rings is 1. The molecule has 1 aromatic heterocycles. The van der Waals surface area contributed by atoms with Crippen molar-refractivity contribution >= 4 is 22.9 Å². The molecule has 5 rings (SSSR count). The number of ether oxygens (including phenoxy) is 2. The molecule has 0 saturated carbocycles. The fourth-order valence-corrected chi connectivity index (χ4v) is 4.79. The Morgan fingerprint density at radius 3 is 2.50 bits per heavy atom. The van der Waals surface area contributed by atoms with Crippen molar-refractivity contribution in [3.63, 3.8) is 0 Å². The van der Waals surface area contributed by atoms with Gasteiger partial charge in [0.25, 0.3) is 5.91 Å². The Labute approximate surface area is 178 Å². The van der Waals surface area contributed by atoms with Crippen LogP contribution in [-0.4, -0.2) is 55.3 Å². The molecule has 3 heterocycles. The number of fused-ring (bicyclic) bond motifs is 1. The van der Waals surface area contributed by atoms with Crippen LogP contribution >= 0.6 is 11.3 Å². The van der Waals surface area contributed by atoms with Crippen molar-refractivity contribution in [3.8, 4) is 27.7 Å². The van der Waals surface area contributed by atoms with Gasteiger partial charge in [0.05, 0.1) is 4.88 Å². The monoisotopic (exact) mass is 422 g/mol. The van der Waals surface area contributed by atoms with E-state index in [2.05, 4.69) is 4.90 Å². The van der Waals surface area contributed by atoms with Crippen molar-refractivity contribution in [1.82, 2.24) is 4.90 Å². The van der Waals surface area contributed by atoms with Crippen LogP contribution in [0.2, 0.25) is 0 Å². The normalized spacial score (nSPS) is 15.9. The number of carbonyl (C=O) groups excluding carboxylic acids is 1. The van der Waals surface area contributed by atoms with Gasteiger partial charge in [0.15, 0.2) is 11.5 Å². The van der Waals surface area contributed by atoms with Crippen LogP contribution in [0.5, 0.6) is 17.2 Å². The van der Waals surface area contributed by atoms with E-state index in [4.69, 9.17) is 9.47 Å². The van der Waals surface area contributed by atoms with Gasteiger partial charge >= 0.3 is 0 Å². The van der Waals surface area contributed by atoms with Gasteiger partial charge in [0, 0.05) is 42.8 Å². The Hall–Kier alpha value is -3.19. The standard InChI is InChI=1S/C23H22N2O4S/c26-18-3-1-2-17(15-18)24-8-10-25(11-9-24)23(27)22-7-6-21(30-22)16-4-5-19-20(14-16)29-13-12-28-19/h1-7,14-15,26H,8-13H2. The summed E-state index contributed by atoms with van der Waals surface area (Å²) in [6.07, 6.45) is 0. The Bertz CT molecular complexity index is 1070. The summed E-state index contributed by atoms with van der Waals surface area (Å²) in [6, 6.07) is 17.0. The van der Waals surface area contributed by atoms with E-state index in [-0.39, 0.29) is 11.7 Å². The first-order valence-corrected chi connectivity index (χ1v) is 10.8. The molecule has 1 amide bonds. The van der Waals surface area contributed by atoms with E-state index in [1.54, 1.807) is 12.1 Å². The van der Waals surface area contributed by atoms with Crippen LogP contribution in [0.25, 0.3) is 10.4 Å². The molecule has 0 bridgehead atoms. The Kier molecular flexibility index (Phi) is 4.96. The van der Waals surface area contributed by atoms with Gasteiger partial charge in [-0.15, -0.1) is 11.3 Å². The smallest absolute Gasteiger partial charge is 0.264 e. The van der Waals surface area contributed by atoms with Gasteiger partial charge in [-0.05, 0) is 48.0 Å². The largest absolute Gasteiger partial charge is 0.508 e. The maximum Gasteiger partial charge on any atom is 0.264 e. The highest BCUT2D eigenvalue weighted by molar-refractivity contribution is 7.17. The van der Waals surface area contributed by atoms with Gasteiger partial charge in [-0.1, -0.05) is 6.07 Å². The summed E-state index contributed by atoms with van der Waals surface area (Å²) in [5.74, 6) is 1.85. The maximum atomic E-state index is 13.0. The zero-order valence-electron chi connectivity index (χ0n) is 16.4. The van der Waals surface area contributed by atoms with Crippen LogP contribution in [0, 0.1) is 0 Å². The molecule has 30 heavy (non-hydrogen) atoms. The molecule has 0 atom stereocenters. The number of phenolic OH excluding ortho intramolecular Hbond substituents is 1. The van der Waals surface area contributed by atoms with E-state index in [9.17, 15) is 9.90 Å². The minimum absolute atomic E-state index is 0.0688. The van der Waals surface area contributed by atoms with E-state index in [1.807, 2.05) is 47.4 Å². The second-order valence-electron chi connectivity index (χ2n) is 7.32. The molecule has 3 aromatic rings. The molecule has 2 aromatic carbocycles. The average Bonchev–Trinajstić information content (AvgIpc) is 3.29. The minimum atomic E-state index is 0.0688. The molecule has 1 N–H and O–H groups in total. The minimum Gasteiger partial charge on any atom is -0.508 e. The molecule has 1 saturated heterocycles. The summed E-state index contributed by atoms with van der Waals surface area (Å²) >= 11 is 1.50. The number of amides is 1. The average molecular weight is 423 g/mol. The number of anilines is 1. The van der Waals surface area contributed by atoms with E-state index in [0.29, 0.717) is 26.3 Å². The number of phenols is 1. The van der Waals surface area contributed by atoms with E-state index in [0.717, 1.165) is 45.6 Å². The molecular weight excluding hydrogens is 400 g/mol. The van der Waals surface area contributed by atoms with Crippen LogP contribution in [-0.2, 0) is 0 Å². The highest BCUT2D eigenvalue weighted by Gasteiger charge is 2.24. The van der Waals surface area contributed by atoms with Crippen LogP contribution in [0.3, 0.4) is 0 Å². The second kappa shape index (κ2) is 7.91. The highest BCUT2D eigenvalue weighted by Crippen LogP contribution is 2.37. The first kappa shape index (κ1) is 18.8. The Morgan fingerprint density at radius 2 is 1.70 bits per heavy atom. The zero-order chi connectivity index (χ0) is 20.5. The number of thiophene rings is 1. The number of rotatable bonds is 3. The van der Waals surface area contributed by atoms with Crippen LogP contribution in [0.1, 0.15) is 9.67 Å². The van der Waals surface area contributed by atoms with Crippen molar-refractivity contribution in [2.24, 2.45) is 0 Å². The molecule has 0 radical (unpaired) electrons. The molecule has 2 aliphatic rings. The Morgan fingerprint density at radius 1 is 0.900 bits per heavy atom. The maximum absolute atomic E-state index is 13.0. The fraction of sp³-hybridized carbons (Fsp3) is 0.261. The zero-order valence-corrected chi connectivity index (χ0v) is 17.2. The number of carbonyl (C=O) groups is 1. The topological polar surface area (TPSA) is 62.2 Å². The fourth-order valence-electron chi connectivity index (χ4n) is 3.82. The van der Waals surface area contributed by atoms with E-state index in [1.165, 1.54) is 11.3 Å². The number of hydrogen-bond acceptors (Lipinski definition) is 6. The van der Waals surface area contributed by atoms with E-state index >= 15 is 0 Å². The summed E-state index contributed by atoms with van der Waals surface area (Å²) in [6.45, 7) is 3.94. The first-order valence-electron chi connectivity index (χ1n) is 10.0. The lowest BCUT2D eigenvalue weighted by Gasteiger charge is -2.36. The van der Waals surface area contributed by atoms with Crippen molar-refractivity contribution in [2.45, 2.75) is 0 Å². The summed E-state index contributed by atoms with van der Waals surface area (Å²) in [4.78, 5) is 18.9. The van der Waals surface area contributed by atoms with Crippen LogP contribution in [0.15, 0.2) is 54.6 Å². The summed E-state index contributed by atoms with van der Waals surface area (Å²) in [7, 11) is 0. The lowest BCUT2D eigenvalue weighted by atomic mass is 10.1. The molecule has 154 valence electrons. The van der Waals surface area contributed by atoms with Gasteiger partial charge in [0.1, 0.15) is 19.0 Å². The van der Waals surface area contributed by atoms with E-state index < -0.39 is 0 Å². The van der Waals surface area contributed by atoms with Crippen LogP contribution in [0.4, 0.5) is 5.69 Å². The molecule has 0 unspecified atom stereocenters. The SMILES string of the molecule is O=C(c1ccc(-c2ccc3c(c2)OCCO3)s1)N1CCN(c2cccc(O)c2)CC1. The molecular formula is C23H22N2O4S. The number of nitrogens with zero attached hydrogens (tertiary/aromatic N) is 2. The predicted molar refractivity (Wildman–Crippen MR) is 117 cm³/mol. The number of aromatic hydroxyl groups is 1. The van der Waals surface area contributed by atoms with Gasteiger partial charge in [-0.2, -0.15) is 0 Å². The van der Waals surface area contributed by atoms with Crippen LogP contribution < -0.4 is 14.4 Å². The predicted octanol–water partition coefficient (Wildman–Crippen LogP) is 3.85. The molecule has 6 nitrogen and oxygen atoms in total. The molecule has 7 heteroatoms. The lowest BCUT2D eigenvalue weighted by Crippen LogP contribution is -2.48. The third-order valence-electron chi connectivity index (χ3n) is 5.41. The first-order chi connectivity index (χ1) is 14.7. The van der Waals surface area contributed by atoms with Gasteiger partial charge in [0.2, 0.25) is 0 Å². The summed E-state index contributed by atoms with van der Waals surface area (Å²) < 4.78 is 11.3. The highest BCUT2D eigenvalue weighted by atomic mass is 32.1. The van der Waals surface area contributed by atoms with Crippen molar-refractivity contribution in [3.05, 3.63) is 59.5 Å². The third kappa shape index (κ3) is 3.68. The number of benzene rings is 2.